The van der Waals surface area contributed by atoms with Crippen LogP contribution in [0.1, 0.15) is 11.4 Å². The first kappa shape index (κ1) is 19.4. The molecule has 0 bridgehead atoms. The summed E-state index contributed by atoms with van der Waals surface area (Å²) in [6.45, 7) is 7.65. The van der Waals surface area contributed by atoms with E-state index in [1.54, 1.807) is 0 Å². The van der Waals surface area contributed by atoms with Crippen molar-refractivity contribution < 1.29 is 9.26 Å². The number of ether oxygens (including phenoxy) is 1. The summed E-state index contributed by atoms with van der Waals surface area (Å²) in [6.07, 6.45) is 0. The minimum absolute atomic E-state index is 0.279. The lowest BCUT2D eigenvalue weighted by molar-refractivity contribution is 0.311. The predicted octanol–water partition coefficient (Wildman–Crippen LogP) is 3.85. The molecule has 1 aliphatic heterocycles. The highest BCUT2D eigenvalue weighted by molar-refractivity contribution is 5.81. The molecular formula is C22H25N7O2. The predicted molar refractivity (Wildman–Crippen MR) is 119 cm³/mol. The number of H-pyrrole nitrogens is 1. The number of aryl methyl sites for hydroxylation is 2. The second-order valence-electron chi connectivity index (χ2n) is 7.95. The summed E-state index contributed by atoms with van der Waals surface area (Å²) in [6, 6.07) is 12.0. The second kappa shape index (κ2) is 7.92. The third-order valence-electron chi connectivity index (χ3n) is 5.33. The van der Waals surface area contributed by atoms with Gasteiger partial charge in [-0.2, -0.15) is 9.97 Å². The number of benzene rings is 1. The number of nitrogens with one attached hydrogen (secondary N) is 2. The van der Waals surface area contributed by atoms with Crippen LogP contribution in [0.3, 0.4) is 0 Å². The molecule has 0 atom stereocenters. The molecule has 0 unspecified atom stereocenters. The van der Waals surface area contributed by atoms with E-state index in [2.05, 4.69) is 48.3 Å². The lowest BCUT2D eigenvalue weighted by Gasteiger charge is -2.33. The number of rotatable bonds is 5. The molecule has 9 heteroatoms. The van der Waals surface area contributed by atoms with Crippen molar-refractivity contribution >= 4 is 28.4 Å². The van der Waals surface area contributed by atoms with Crippen LogP contribution in [0, 0.1) is 13.8 Å². The van der Waals surface area contributed by atoms with Gasteiger partial charge in [0.2, 0.25) is 5.88 Å². The van der Waals surface area contributed by atoms with Crippen LogP contribution in [0.25, 0.3) is 10.9 Å². The van der Waals surface area contributed by atoms with Gasteiger partial charge in [0.05, 0.1) is 5.69 Å². The molecule has 1 saturated heterocycles. The quantitative estimate of drug-likeness (QED) is 0.504. The van der Waals surface area contributed by atoms with Crippen LogP contribution in [0.5, 0.6) is 11.8 Å². The molecule has 160 valence electrons. The van der Waals surface area contributed by atoms with Crippen molar-refractivity contribution in [1.82, 2.24) is 25.0 Å². The van der Waals surface area contributed by atoms with Gasteiger partial charge in [-0.3, -0.25) is 0 Å². The first-order valence-corrected chi connectivity index (χ1v) is 10.3. The van der Waals surface area contributed by atoms with Crippen molar-refractivity contribution in [1.29, 1.82) is 0 Å². The minimum Gasteiger partial charge on any atom is -0.424 e. The van der Waals surface area contributed by atoms with E-state index >= 15 is 0 Å². The van der Waals surface area contributed by atoms with Gasteiger partial charge in [0.15, 0.2) is 0 Å². The number of hydrogen-bond acceptors (Lipinski definition) is 8. The highest BCUT2D eigenvalue weighted by Crippen LogP contribution is 2.28. The molecule has 1 aliphatic rings. The Labute approximate surface area is 180 Å². The molecule has 0 aliphatic carbocycles. The molecule has 9 nitrogen and oxygen atoms in total. The highest BCUT2D eigenvalue weighted by atomic mass is 16.5. The van der Waals surface area contributed by atoms with Gasteiger partial charge in [0.1, 0.15) is 17.4 Å². The highest BCUT2D eigenvalue weighted by Gasteiger charge is 2.18. The van der Waals surface area contributed by atoms with E-state index in [1.807, 2.05) is 44.2 Å². The van der Waals surface area contributed by atoms with Gasteiger partial charge >= 0.3 is 6.01 Å². The number of nitrogens with zero attached hydrogens (tertiary/aromatic N) is 5. The van der Waals surface area contributed by atoms with Crippen molar-refractivity contribution in [3.05, 3.63) is 47.8 Å². The number of hydrogen-bond donors (Lipinski definition) is 2. The molecule has 5 rings (SSSR count). The van der Waals surface area contributed by atoms with Crippen LogP contribution in [-0.4, -0.2) is 58.2 Å². The molecule has 1 aromatic carbocycles. The molecule has 0 spiro atoms. The number of fused-ring (bicyclic) bond motifs is 1. The molecular weight excluding hydrogens is 394 g/mol. The van der Waals surface area contributed by atoms with Crippen LogP contribution in [0.4, 0.5) is 17.5 Å². The number of aromatic nitrogens is 4. The first-order chi connectivity index (χ1) is 15.0. The van der Waals surface area contributed by atoms with Gasteiger partial charge in [0, 0.05) is 54.9 Å². The molecule has 31 heavy (non-hydrogen) atoms. The number of anilines is 3. The first-order valence-electron chi connectivity index (χ1n) is 10.3. The Hall–Kier alpha value is -3.59. The largest absolute Gasteiger partial charge is 0.424 e. The fraction of sp³-hybridized carbons (Fsp3) is 0.318. The number of piperazine rings is 1. The van der Waals surface area contributed by atoms with Crippen molar-refractivity contribution in [2.24, 2.45) is 0 Å². The van der Waals surface area contributed by atoms with Crippen LogP contribution in [0.15, 0.2) is 40.9 Å². The van der Waals surface area contributed by atoms with E-state index < -0.39 is 0 Å². The molecule has 0 radical (unpaired) electrons. The Bertz CT molecular complexity index is 1210. The van der Waals surface area contributed by atoms with E-state index in [9.17, 15) is 0 Å². The summed E-state index contributed by atoms with van der Waals surface area (Å²) >= 11 is 0. The molecule has 2 N–H and O–H groups in total. The summed E-state index contributed by atoms with van der Waals surface area (Å²) in [5.41, 5.74) is 2.97. The van der Waals surface area contributed by atoms with Crippen LogP contribution in [0.2, 0.25) is 0 Å². The summed E-state index contributed by atoms with van der Waals surface area (Å²) in [5.74, 6) is 2.61. The van der Waals surface area contributed by atoms with Gasteiger partial charge in [-0.25, -0.2) is 0 Å². The van der Waals surface area contributed by atoms with Crippen molar-refractivity contribution in [2.75, 3.05) is 43.4 Å². The summed E-state index contributed by atoms with van der Waals surface area (Å²) in [7, 11) is 2.13. The fourth-order valence-corrected chi connectivity index (χ4v) is 3.69. The van der Waals surface area contributed by atoms with Crippen LogP contribution >= 0.6 is 0 Å². The van der Waals surface area contributed by atoms with Crippen molar-refractivity contribution in [2.45, 2.75) is 13.8 Å². The average Bonchev–Trinajstić information content (AvgIpc) is 3.32. The Morgan fingerprint density at radius 3 is 2.65 bits per heavy atom. The third kappa shape index (κ3) is 4.31. The zero-order chi connectivity index (χ0) is 21.4. The number of likely N-dealkylation sites (N-methyl/N-ethyl adjacent to an activating group) is 1. The van der Waals surface area contributed by atoms with Gasteiger partial charge in [-0.15, -0.1) is 0 Å². The average molecular weight is 419 g/mol. The topological polar surface area (TPSA) is 95.3 Å². The van der Waals surface area contributed by atoms with E-state index in [-0.39, 0.29) is 6.01 Å². The van der Waals surface area contributed by atoms with Crippen molar-refractivity contribution in [3.8, 4) is 11.8 Å². The SMILES string of the molecule is Cc1cc(Nc2cc(N3CCN(C)CC3)nc(Oc3ccc4[nH]c(C)cc4c3)n2)on1. The Morgan fingerprint density at radius 2 is 1.87 bits per heavy atom. The summed E-state index contributed by atoms with van der Waals surface area (Å²) < 4.78 is 11.4. The Kier molecular flexibility index (Phi) is 4.95. The van der Waals surface area contributed by atoms with Gasteiger partial charge in [-0.05, 0) is 45.2 Å². The summed E-state index contributed by atoms with van der Waals surface area (Å²) in [4.78, 5) is 17.1. The standard InChI is InChI=1S/C22H25N7O2/c1-14-10-16-12-17(4-5-18(16)23-14)30-22-25-19(24-21-11-15(2)27-31-21)13-20(26-22)29-8-6-28(3)7-9-29/h4-5,10-13,23H,6-9H2,1-3H3,(H,24,25,26). The normalized spacial score (nSPS) is 14.9. The molecule has 4 heterocycles. The van der Waals surface area contributed by atoms with E-state index in [4.69, 9.17) is 9.26 Å². The van der Waals surface area contributed by atoms with Crippen molar-refractivity contribution in [3.63, 3.8) is 0 Å². The van der Waals surface area contributed by atoms with Gasteiger partial charge in [-0.1, -0.05) is 5.16 Å². The van der Waals surface area contributed by atoms with Gasteiger partial charge < -0.3 is 29.4 Å². The van der Waals surface area contributed by atoms with E-state index in [0.717, 1.165) is 54.3 Å². The molecule has 1 fully saturated rings. The van der Waals surface area contributed by atoms with Crippen LogP contribution < -0.4 is 15.0 Å². The second-order valence-corrected chi connectivity index (χ2v) is 7.95. The van der Waals surface area contributed by atoms with E-state index in [0.29, 0.717) is 17.5 Å². The monoisotopic (exact) mass is 419 g/mol. The van der Waals surface area contributed by atoms with Gasteiger partial charge in [0.25, 0.3) is 0 Å². The minimum atomic E-state index is 0.279. The zero-order valence-corrected chi connectivity index (χ0v) is 17.8. The maximum atomic E-state index is 6.07. The maximum Gasteiger partial charge on any atom is 0.325 e. The Balaban J connectivity index is 1.46. The molecule has 0 amide bonds. The molecule has 3 aromatic heterocycles. The smallest absolute Gasteiger partial charge is 0.325 e. The van der Waals surface area contributed by atoms with Crippen LogP contribution in [-0.2, 0) is 0 Å². The lowest BCUT2D eigenvalue weighted by atomic mass is 10.2. The molecule has 0 saturated carbocycles. The summed E-state index contributed by atoms with van der Waals surface area (Å²) in [5, 5.41) is 8.18. The maximum absolute atomic E-state index is 6.07. The molecule has 4 aromatic rings. The fourth-order valence-electron chi connectivity index (χ4n) is 3.69. The Morgan fingerprint density at radius 1 is 1.03 bits per heavy atom. The number of aromatic amines is 1. The lowest BCUT2D eigenvalue weighted by Crippen LogP contribution is -2.44. The third-order valence-corrected chi connectivity index (χ3v) is 5.33. The zero-order valence-electron chi connectivity index (χ0n) is 17.8. The van der Waals surface area contributed by atoms with E-state index in [1.165, 1.54) is 0 Å².